The van der Waals surface area contributed by atoms with Crippen molar-refractivity contribution >= 4 is 29.2 Å². The normalized spacial score (nSPS) is 10.1. The van der Waals surface area contributed by atoms with Crippen molar-refractivity contribution < 1.29 is 19.5 Å². The molecule has 0 atom stereocenters. The van der Waals surface area contributed by atoms with E-state index in [1.807, 2.05) is 32.0 Å². The van der Waals surface area contributed by atoms with Gasteiger partial charge in [-0.05, 0) is 49.7 Å². The smallest absolute Gasteiger partial charge is 0.305 e. The van der Waals surface area contributed by atoms with E-state index in [4.69, 9.17) is 5.11 Å². The average Bonchev–Trinajstić information content (AvgIpc) is 2.61. The van der Waals surface area contributed by atoms with Gasteiger partial charge in [-0.1, -0.05) is 17.7 Å². The number of hydrogen-bond donors (Lipinski definition) is 4. The van der Waals surface area contributed by atoms with E-state index in [1.54, 1.807) is 24.3 Å². The van der Waals surface area contributed by atoms with Crippen molar-refractivity contribution in [2.75, 3.05) is 23.7 Å². The average molecular weight is 369 g/mol. The van der Waals surface area contributed by atoms with Crippen LogP contribution in [0.4, 0.5) is 11.4 Å². The Hall–Kier alpha value is -3.35. The van der Waals surface area contributed by atoms with E-state index in [0.29, 0.717) is 11.3 Å². The lowest BCUT2D eigenvalue weighted by molar-refractivity contribution is -0.136. The molecule has 0 radical (unpaired) electrons. The van der Waals surface area contributed by atoms with Gasteiger partial charge in [0.05, 0.1) is 13.0 Å². The lowest BCUT2D eigenvalue weighted by Gasteiger charge is -2.11. The molecule has 7 nitrogen and oxygen atoms in total. The van der Waals surface area contributed by atoms with Crippen LogP contribution in [0.2, 0.25) is 0 Å². The van der Waals surface area contributed by atoms with Crippen molar-refractivity contribution in [1.82, 2.24) is 5.32 Å². The largest absolute Gasteiger partial charge is 0.481 e. The maximum Gasteiger partial charge on any atom is 0.305 e. The summed E-state index contributed by atoms with van der Waals surface area (Å²) in [7, 11) is 0. The summed E-state index contributed by atoms with van der Waals surface area (Å²) in [5.74, 6) is -1.53. The highest BCUT2D eigenvalue weighted by Crippen LogP contribution is 2.16. The molecule has 4 N–H and O–H groups in total. The zero-order valence-electron chi connectivity index (χ0n) is 15.3. The lowest BCUT2D eigenvalue weighted by Crippen LogP contribution is -2.26. The van der Waals surface area contributed by atoms with E-state index in [-0.39, 0.29) is 31.3 Å². The standard InChI is InChI=1S/C20H23N3O4/c1-13-3-8-17(14(2)11-13)22-12-18(24)23-16-6-4-15(5-7-16)20(27)21-10-9-19(25)26/h3-8,11,22H,9-10,12H2,1-2H3,(H,21,27)(H,23,24)(H,25,26). The van der Waals surface area contributed by atoms with Crippen molar-refractivity contribution in [2.24, 2.45) is 0 Å². The first-order valence-electron chi connectivity index (χ1n) is 8.56. The summed E-state index contributed by atoms with van der Waals surface area (Å²) in [5, 5.41) is 16.9. The van der Waals surface area contributed by atoms with Gasteiger partial charge in [0.2, 0.25) is 5.91 Å². The first-order valence-corrected chi connectivity index (χ1v) is 8.56. The Morgan fingerprint density at radius 1 is 1.00 bits per heavy atom. The van der Waals surface area contributed by atoms with Crippen molar-refractivity contribution in [2.45, 2.75) is 20.3 Å². The third-order valence-corrected chi connectivity index (χ3v) is 3.88. The number of aliphatic carboxylic acids is 1. The molecule has 2 amide bonds. The molecule has 0 aliphatic heterocycles. The lowest BCUT2D eigenvalue weighted by atomic mass is 10.1. The van der Waals surface area contributed by atoms with Gasteiger partial charge in [-0.2, -0.15) is 0 Å². The van der Waals surface area contributed by atoms with Crippen molar-refractivity contribution in [3.8, 4) is 0 Å². The quantitative estimate of drug-likeness (QED) is 0.572. The SMILES string of the molecule is Cc1ccc(NCC(=O)Nc2ccc(C(=O)NCCC(=O)O)cc2)c(C)c1. The number of carboxylic acid groups (broad SMARTS) is 1. The van der Waals surface area contributed by atoms with Crippen LogP contribution in [0.1, 0.15) is 27.9 Å². The minimum atomic E-state index is -0.970. The second-order valence-corrected chi connectivity index (χ2v) is 6.20. The Labute approximate surface area is 157 Å². The molecule has 0 fully saturated rings. The minimum absolute atomic E-state index is 0.0662. The van der Waals surface area contributed by atoms with Crippen LogP contribution in [0.25, 0.3) is 0 Å². The first kappa shape index (κ1) is 20.0. The molecule has 0 aliphatic carbocycles. The van der Waals surface area contributed by atoms with Gasteiger partial charge in [-0.25, -0.2) is 0 Å². The van der Waals surface area contributed by atoms with Crippen molar-refractivity contribution in [1.29, 1.82) is 0 Å². The summed E-state index contributed by atoms with van der Waals surface area (Å²) in [4.78, 5) is 34.4. The fourth-order valence-corrected chi connectivity index (χ4v) is 2.48. The molecule has 7 heteroatoms. The summed E-state index contributed by atoms with van der Waals surface area (Å²) in [5.41, 5.74) is 4.11. The maximum atomic E-state index is 12.1. The molecule has 0 aromatic heterocycles. The second-order valence-electron chi connectivity index (χ2n) is 6.20. The van der Waals surface area contributed by atoms with E-state index in [1.165, 1.54) is 0 Å². The Kier molecular flexibility index (Phi) is 6.93. The van der Waals surface area contributed by atoms with E-state index >= 15 is 0 Å². The predicted octanol–water partition coefficient (Wildman–Crippen LogP) is 2.56. The zero-order chi connectivity index (χ0) is 19.8. The molecule has 2 rings (SSSR count). The monoisotopic (exact) mass is 369 g/mol. The van der Waals surface area contributed by atoms with Crippen LogP contribution in [0.5, 0.6) is 0 Å². The van der Waals surface area contributed by atoms with E-state index in [2.05, 4.69) is 16.0 Å². The Morgan fingerprint density at radius 2 is 1.70 bits per heavy atom. The van der Waals surface area contributed by atoms with Gasteiger partial charge in [-0.3, -0.25) is 14.4 Å². The number of rotatable bonds is 8. The van der Waals surface area contributed by atoms with E-state index in [9.17, 15) is 14.4 Å². The van der Waals surface area contributed by atoms with Gasteiger partial charge in [0, 0.05) is 23.5 Å². The summed E-state index contributed by atoms with van der Waals surface area (Å²) >= 11 is 0. The molecule has 2 aromatic carbocycles. The van der Waals surface area contributed by atoms with Crippen LogP contribution in [0, 0.1) is 13.8 Å². The molecule has 0 spiro atoms. The number of carbonyl (C=O) groups excluding carboxylic acids is 2. The fourth-order valence-electron chi connectivity index (χ4n) is 2.48. The van der Waals surface area contributed by atoms with Crippen LogP contribution in [-0.2, 0) is 9.59 Å². The van der Waals surface area contributed by atoms with Gasteiger partial charge in [0.1, 0.15) is 0 Å². The van der Waals surface area contributed by atoms with Crippen LogP contribution in [-0.4, -0.2) is 36.0 Å². The number of aryl methyl sites for hydroxylation is 2. The van der Waals surface area contributed by atoms with Crippen molar-refractivity contribution in [3.63, 3.8) is 0 Å². The molecule has 27 heavy (non-hydrogen) atoms. The minimum Gasteiger partial charge on any atom is -0.481 e. The van der Waals surface area contributed by atoms with Gasteiger partial charge in [0.15, 0.2) is 0 Å². The summed E-state index contributed by atoms with van der Waals surface area (Å²) in [6, 6.07) is 12.4. The van der Waals surface area contributed by atoms with Gasteiger partial charge >= 0.3 is 5.97 Å². The third kappa shape index (κ3) is 6.47. The number of anilines is 2. The Balaban J connectivity index is 1.83. The maximum absolute atomic E-state index is 12.1. The van der Waals surface area contributed by atoms with E-state index < -0.39 is 5.97 Å². The molecule has 0 aliphatic rings. The highest BCUT2D eigenvalue weighted by Gasteiger charge is 2.08. The molecule has 0 bridgehead atoms. The Bertz CT molecular complexity index is 832. The van der Waals surface area contributed by atoms with Crippen LogP contribution in [0.3, 0.4) is 0 Å². The molecule has 0 unspecified atom stereocenters. The molecular formula is C20H23N3O4. The molecule has 142 valence electrons. The number of carbonyl (C=O) groups is 3. The van der Waals surface area contributed by atoms with Gasteiger partial charge in [0.25, 0.3) is 5.91 Å². The first-order chi connectivity index (χ1) is 12.8. The van der Waals surface area contributed by atoms with Crippen molar-refractivity contribution in [3.05, 3.63) is 59.2 Å². The van der Waals surface area contributed by atoms with Crippen LogP contribution >= 0.6 is 0 Å². The highest BCUT2D eigenvalue weighted by atomic mass is 16.4. The number of nitrogens with one attached hydrogen (secondary N) is 3. The molecule has 0 heterocycles. The van der Waals surface area contributed by atoms with E-state index in [0.717, 1.165) is 16.8 Å². The van der Waals surface area contributed by atoms with Crippen LogP contribution < -0.4 is 16.0 Å². The molecule has 0 saturated heterocycles. The fraction of sp³-hybridized carbons (Fsp3) is 0.250. The number of carboxylic acids is 1. The topological polar surface area (TPSA) is 108 Å². The predicted molar refractivity (Wildman–Crippen MR) is 104 cm³/mol. The number of benzene rings is 2. The highest BCUT2D eigenvalue weighted by molar-refractivity contribution is 5.96. The van der Waals surface area contributed by atoms with Gasteiger partial charge < -0.3 is 21.1 Å². The third-order valence-electron chi connectivity index (χ3n) is 3.88. The number of amides is 2. The second kappa shape index (κ2) is 9.38. The molecule has 0 saturated carbocycles. The van der Waals surface area contributed by atoms with Gasteiger partial charge in [-0.15, -0.1) is 0 Å². The zero-order valence-corrected chi connectivity index (χ0v) is 15.3. The molecular weight excluding hydrogens is 346 g/mol. The summed E-state index contributed by atoms with van der Waals surface area (Å²) < 4.78 is 0. The summed E-state index contributed by atoms with van der Waals surface area (Å²) in [6.45, 7) is 4.19. The van der Waals surface area contributed by atoms with Crippen LogP contribution in [0.15, 0.2) is 42.5 Å². The molecule has 2 aromatic rings. The number of hydrogen-bond acceptors (Lipinski definition) is 4. The summed E-state index contributed by atoms with van der Waals surface area (Å²) in [6.07, 6.45) is -0.132. The Morgan fingerprint density at radius 3 is 2.33 bits per heavy atom.